The lowest BCUT2D eigenvalue weighted by molar-refractivity contribution is 0.126. The molecule has 4 heteroatoms. The molecule has 0 amide bonds. The van der Waals surface area contributed by atoms with Crippen LogP contribution in [0.2, 0.25) is 0 Å². The Morgan fingerprint density at radius 3 is 1.40 bits per heavy atom. The van der Waals surface area contributed by atoms with Gasteiger partial charge in [0, 0.05) is 50.6 Å². The fourth-order valence-electron chi connectivity index (χ4n) is 8.04. The molecular formula is C54H43N3O. The molecule has 58 heavy (non-hydrogen) atoms. The summed E-state index contributed by atoms with van der Waals surface area (Å²) in [6, 6.07) is 74.9. The molecule has 0 aliphatic heterocycles. The molecule has 0 saturated heterocycles. The van der Waals surface area contributed by atoms with E-state index < -0.39 is 5.60 Å². The third-order valence-corrected chi connectivity index (χ3v) is 10.8. The van der Waals surface area contributed by atoms with Crippen molar-refractivity contribution in [3.05, 3.63) is 246 Å². The number of para-hydroxylation sites is 3. The van der Waals surface area contributed by atoms with Crippen LogP contribution in [0.25, 0.3) is 22.2 Å². The smallest absolute Gasteiger partial charge is 0.141 e. The zero-order valence-corrected chi connectivity index (χ0v) is 32.6. The van der Waals surface area contributed by atoms with E-state index in [2.05, 4.69) is 169 Å². The van der Waals surface area contributed by atoms with Gasteiger partial charge in [0.25, 0.3) is 0 Å². The molecule has 0 aliphatic carbocycles. The Kier molecular flexibility index (Phi) is 9.85. The van der Waals surface area contributed by atoms with Crippen LogP contribution < -0.4 is 9.80 Å². The number of aryl methyl sites for hydroxylation is 2. The van der Waals surface area contributed by atoms with E-state index in [1.54, 1.807) is 0 Å². The molecule has 4 nitrogen and oxygen atoms in total. The van der Waals surface area contributed by atoms with Gasteiger partial charge in [0.1, 0.15) is 5.60 Å². The Balaban J connectivity index is 1.29. The van der Waals surface area contributed by atoms with Crippen molar-refractivity contribution < 1.29 is 5.11 Å². The normalized spacial score (nSPS) is 11.4. The van der Waals surface area contributed by atoms with E-state index in [1.807, 2.05) is 72.8 Å². The number of nitrogens with zero attached hydrogens (tertiary/aromatic N) is 3. The molecule has 8 aromatic carbocycles. The molecule has 1 N–H and O–H groups in total. The van der Waals surface area contributed by atoms with Crippen molar-refractivity contribution in [2.75, 3.05) is 9.80 Å². The molecule has 1 heterocycles. The number of pyridine rings is 1. The number of aliphatic hydroxyl groups is 1. The highest BCUT2D eigenvalue weighted by Crippen LogP contribution is 2.46. The summed E-state index contributed by atoms with van der Waals surface area (Å²) in [5.41, 5.74) is 11.4. The quantitative estimate of drug-likeness (QED) is 0.141. The predicted octanol–water partition coefficient (Wildman–Crippen LogP) is 13.7. The molecule has 1 aromatic heterocycles. The van der Waals surface area contributed by atoms with Gasteiger partial charge in [-0.15, -0.1) is 0 Å². The lowest BCUT2D eigenvalue weighted by Crippen LogP contribution is -2.30. The average Bonchev–Trinajstić information content (AvgIpc) is 3.27. The van der Waals surface area contributed by atoms with E-state index in [0.717, 1.165) is 84.1 Å². The summed E-state index contributed by atoms with van der Waals surface area (Å²) >= 11 is 0. The van der Waals surface area contributed by atoms with Crippen molar-refractivity contribution in [2.24, 2.45) is 0 Å². The Bertz CT molecular complexity index is 2720. The van der Waals surface area contributed by atoms with Gasteiger partial charge in [-0.2, -0.15) is 0 Å². The van der Waals surface area contributed by atoms with Crippen LogP contribution in [0.3, 0.4) is 0 Å². The zero-order valence-electron chi connectivity index (χ0n) is 32.6. The minimum absolute atomic E-state index is 0.728. The van der Waals surface area contributed by atoms with Gasteiger partial charge in [-0.3, -0.25) is 0 Å². The fourth-order valence-corrected chi connectivity index (χ4v) is 8.04. The summed E-state index contributed by atoms with van der Waals surface area (Å²) in [5.74, 6) is 0. The van der Waals surface area contributed by atoms with Gasteiger partial charge in [-0.1, -0.05) is 133 Å². The van der Waals surface area contributed by atoms with Gasteiger partial charge in [-0.05, 0) is 121 Å². The second-order valence-corrected chi connectivity index (χ2v) is 14.8. The maximum absolute atomic E-state index is 14.0. The highest BCUT2D eigenvalue weighted by molar-refractivity contribution is 5.84. The molecule has 0 atom stereocenters. The molecule has 9 aromatic rings. The fraction of sp³-hybridized carbons (Fsp3) is 0.0556. The number of benzene rings is 8. The standard InChI is InChI=1S/C54H43N3O/c1-39-17-13-26-46(35-39)56(44-22-5-3-6-23-44)48-28-15-20-42(37-48)54(58,51-31-11-10-30-50(51)53-34-33-41-19-9-12-32-52(41)55-53)43-21-16-29-49(38-43)57(45-24-7-4-8-25-45)47-27-14-18-40(2)36-47/h3-38,58H,1-2H3. The second-order valence-electron chi connectivity index (χ2n) is 14.8. The molecule has 0 fully saturated rings. The summed E-state index contributed by atoms with van der Waals surface area (Å²) in [6.07, 6.45) is 0. The first-order valence-electron chi connectivity index (χ1n) is 19.7. The molecule has 0 bridgehead atoms. The van der Waals surface area contributed by atoms with Gasteiger partial charge in [0.2, 0.25) is 0 Å². The van der Waals surface area contributed by atoms with Crippen molar-refractivity contribution in [2.45, 2.75) is 19.4 Å². The monoisotopic (exact) mass is 749 g/mol. The largest absolute Gasteiger partial charge is 0.376 e. The van der Waals surface area contributed by atoms with E-state index in [9.17, 15) is 5.11 Å². The van der Waals surface area contributed by atoms with Gasteiger partial charge >= 0.3 is 0 Å². The summed E-state index contributed by atoms with van der Waals surface area (Å²) in [5, 5.41) is 15.1. The van der Waals surface area contributed by atoms with E-state index >= 15 is 0 Å². The van der Waals surface area contributed by atoms with Crippen LogP contribution >= 0.6 is 0 Å². The Morgan fingerprint density at radius 2 is 0.845 bits per heavy atom. The lowest BCUT2D eigenvalue weighted by Gasteiger charge is -2.34. The van der Waals surface area contributed by atoms with E-state index in [-0.39, 0.29) is 0 Å². The zero-order chi connectivity index (χ0) is 39.5. The van der Waals surface area contributed by atoms with Crippen molar-refractivity contribution in [3.63, 3.8) is 0 Å². The van der Waals surface area contributed by atoms with E-state index in [0.29, 0.717) is 0 Å². The van der Waals surface area contributed by atoms with Crippen LogP contribution in [0.4, 0.5) is 34.1 Å². The number of hydrogen-bond acceptors (Lipinski definition) is 4. The van der Waals surface area contributed by atoms with Crippen LogP contribution in [0.15, 0.2) is 218 Å². The first-order chi connectivity index (χ1) is 28.5. The molecule has 0 aliphatic rings. The van der Waals surface area contributed by atoms with Crippen LogP contribution in [0.1, 0.15) is 27.8 Å². The summed E-state index contributed by atoms with van der Waals surface area (Å²) in [4.78, 5) is 9.64. The topological polar surface area (TPSA) is 39.6 Å². The predicted molar refractivity (Wildman–Crippen MR) is 241 cm³/mol. The van der Waals surface area contributed by atoms with Crippen molar-refractivity contribution >= 4 is 45.0 Å². The number of aromatic nitrogens is 1. The molecular weight excluding hydrogens is 707 g/mol. The first-order valence-corrected chi connectivity index (χ1v) is 19.7. The minimum Gasteiger partial charge on any atom is -0.376 e. The average molecular weight is 750 g/mol. The van der Waals surface area contributed by atoms with Gasteiger partial charge in [0.05, 0.1) is 11.2 Å². The Labute approximate surface area is 340 Å². The Hall–Kier alpha value is -7.27. The summed E-state index contributed by atoms with van der Waals surface area (Å²) < 4.78 is 0. The summed E-state index contributed by atoms with van der Waals surface area (Å²) in [7, 11) is 0. The maximum atomic E-state index is 14.0. The number of hydrogen-bond donors (Lipinski definition) is 1. The summed E-state index contributed by atoms with van der Waals surface area (Å²) in [6.45, 7) is 4.23. The highest BCUT2D eigenvalue weighted by atomic mass is 16.3. The second kappa shape index (κ2) is 15.7. The van der Waals surface area contributed by atoms with Crippen LogP contribution in [0, 0.1) is 13.8 Å². The van der Waals surface area contributed by atoms with Crippen molar-refractivity contribution in [1.82, 2.24) is 4.98 Å². The lowest BCUT2D eigenvalue weighted by atomic mass is 9.77. The molecule has 0 saturated carbocycles. The Morgan fingerprint density at radius 1 is 0.397 bits per heavy atom. The molecule has 0 unspecified atom stereocenters. The molecule has 0 radical (unpaired) electrons. The number of fused-ring (bicyclic) bond motifs is 1. The van der Waals surface area contributed by atoms with Crippen molar-refractivity contribution in [1.29, 1.82) is 0 Å². The highest BCUT2D eigenvalue weighted by Gasteiger charge is 2.37. The van der Waals surface area contributed by atoms with E-state index in [1.165, 1.54) is 0 Å². The SMILES string of the molecule is Cc1cccc(N(c2ccccc2)c2cccc(C(O)(c3cccc(N(c4ccccc4)c4cccc(C)c4)c3)c3ccccc3-c3ccc4ccccc4n3)c2)c1. The van der Waals surface area contributed by atoms with Gasteiger partial charge in [0.15, 0.2) is 0 Å². The number of anilines is 6. The van der Waals surface area contributed by atoms with Crippen LogP contribution in [-0.4, -0.2) is 10.1 Å². The number of rotatable bonds is 10. The van der Waals surface area contributed by atoms with E-state index in [4.69, 9.17) is 4.98 Å². The van der Waals surface area contributed by atoms with Crippen molar-refractivity contribution in [3.8, 4) is 11.3 Å². The van der Waals surface area contributed by atoms with Crippen LogP contribution in [-0.2, 0) is 5.60 Å². The maximum Gasteiger partial charge on any atom is 0.141 e. The minimum atomic E-state index is -1.63. The first kappa shape index (κ1) is 36.4. The molecule has 280 valence electrons. The third kappa shape index (κ3) is 7.02. The van der Waals surface area contributed by atoms with Crippen LogP contribution in [0.5, 0.6) is 0 Å². The van der Waals surface area contributed by atoms with Gasteiger partial charge < -0.3 is 14.9 Å². The third-order valence-electron chi connectivity index (χ3n) is 10.8. The molecule has 9 rings (SSSR count). The van der Waals surface area contributed by atoms with Gasteiger partial charge in [-0.25, -0.2) is 4.98 Å². The molecule has 0 spiro atoms.